The van der Waals surface area contributed by atoms with Crippen molar-refractivity contribution in [2.24, 2.45) is 0 Å². The Hall–Kier alpha value is -1.85. The largest absolute Gasteiger partial charge is 0.494 e. The van der Waals surface area contributed by atoms with Crippen LogP contribution in [0.1, 0.15) is 31.9 Å². The molecule has 0 fully saturated rings. The second-order valence-electron chi connectivity index (χ2n) is 6.76. The maximum atomic E-state index is 12.1. The Kier molecular flexibility index (Phi) is 5.16. The number of sulfonamides is 1. The molecule has 0 bridgehead atoms. The highest BCUT2D eigenvalue weighted by molar-refractivity contribution is 7.90. The molecule has 1 N–H and O–H groups in total. The van der Waals surface area contributed by atoms with Crippen LogP contribution >= 0.6 is 0 Å². The van der Waals surface area contributed by atoms with Gasteiger partial charge < -0.3 is 4.74 Å². The van der Waals surface area contributed by atoms with Gasteiger partial charge in [-0.25, -0.2) is 13.1 Å². The van der Waals surface area contributed by atoms with E-state index in [1.54, 1.807) is 13.8 Å². The number of nitrogens with one attached hydrogen (secondary N) is 1. The Morgan fingerprint density at radius 2 is 1.80 bits per heavy atom. The fraction of sp³-hybridized carbons (Fsp3) is 0.400. The third-order valence-electron chi connectivity index (χ3n) is 4.57. The summed E-state index contributed by atoms with van der Waals surface area (Å²) in [4.78, 5) is 0. The van der Waals surface area contributed by atoms with E-state index in [-0.39, 0.29) is 6.04 Å². The van der Waals surface area contributed by atoms with E-state index < -0.39 is 15.3 Å². The molecule has 1 aliphatic rings. The molecule has 0 heterocycles. The average molecular weight is 359 g/mol. The standard InChI is InChI=1S/C20H25NO3S/c1-4-24-20-7-5-6-15(13-20)16-8-9-17-11-19(12-18(17)10-16)21-25(22,23)14(2)3/h5-10,13-14,19,21H,4,11-12H2,1-3H3. The lowest BCUT2D eigenvalue weighted by Gasteiger charge is -2.14. The molecular weight excluding hydrogens is 334 g/mol. The van der Waals surface area contributed by atoms with Crippen LogP contribution in [0.4, 0.5) is 0 Å². The Morgan fingerprint density at radius 1 is 1.08 bits per heavy atom. The number of hydrogen-bond donors (Lipinski definition) is 1. The Morgan fingerprint density at radius 3 is 2.52 bits per heavy atom. The van der Waals surface area contributed by atoms with Gasteiger partial charge in [-0.3, -0.25) is 0 Å². The van der Waals surface area contributed by atoms with Crippen LogP contribution in [0.15, 0.2) is 42.5 Å². The summed E-state index contributed by atoms with van der Waals surface area (Å²) >= 11 is 0. The van der Waals surface area contributed by atoms with E-state index in [9.17, 15) is 8.42 Å². The minimum Gasteiger partial charge on any atom is -0.494 e. The van der Waals surface area contributed by atoms with Gasteiger partial charge in [0.1, 0.15) is 5.75 Å². The van der Waals surface area contributed by atoms with Gasteiger partial charge >= 0.3 is 0 Å². The highest BCUT2D eigenvalue weighted by atomic mass is 32.2. The molecule has 1 unspecified atom stereocenters. The number of fused-ring (bicyclic) bond motifs is 1. The molecule has 0 saturated heterocycles. The first-order valence-corrected chi connectivity index (χ1v) is 10.3. The van der Waals surface area contributed by atoms with Gasteiger partial charge in [0.25, 0.3) is 0 Å². The maximum Gasteiger partial charge on any atom is 0.214 e. The molecule has 0 spiro atoms. The van der Waals surface area contributed by atoms with E-state index in [1.807, 2.05) is 25.1 Å². The van der Waals surface area contributed by atoms with E-state index in [1.165, 1.54) is 11.1 Å². The molecule has 0 aromatic heterocycles. The normalized spacial score (nSPS) is 16.9. The van der Waals surface area contributed by atoms with Crippen LogP contribution in [0.2, 0.25) is 0 Å². The summed E-state index contributed by atoms with van der Waals surface area (Å²) in [6, 6.07) is 14.4. The average Bonchev–Trinajstić information content (AvgIpc) is 2.95. The molecule has 134 valence electrons. The van der Waals surface area contributed by atoms with Crippen LogP contribution in [-0.2, 0) is 22.9 Å². The first-order chi connectivity index (χ1) is 11.9. The van der Waals surface area contributed by atoms with Crippen LogP contribution in [-0.4, -0.2) is 26.3 Å². The van der Waals surface area contributed by atoms with Gasteiger partial charge in [-0.1, -0.05) is 30.3 Å². The first kappa shape index (κ1) is 18.0. The molecule has 2 aromatic carbocycles. The van der Waals surface area contributed by atoms with Crippen LogP contribution in [0.3, 0.4) is 0 Å². The van der Waals surface area contributed by atoms with Crippen molar-refractivity contribution >= 4 is 10.0 Å². The van der Waals surface area contributed by atoms with E-state index in [0.29, 0.717) is 6.61 Å². The second-order valence-corrected chi connectivity index (χ2v) is 9.03. The second kappa shape index (κ2) is 7.18. The highest BCUT2D eigenvalue weighted by Gasteiger charge is 2.27. The lowest BCUT2D eigenvalue weighted by molar-refractivity contribution is 0.340. The van der Waals surface area contributed by atoms with Crippen molar-refractivity contribution in [3.63, 3.8) is 0 Å². The molecule has 4 nitrogen and oxygen atoms in total. The molecule has 3 rings (SSSR count). The fourth-order valence-corrected chi connectivity index (χ4v) is 4.09. The molecule has 5 heteroatoms. The van der Waals surface area contributed by atoms with E-state index in [2.05, 4.69) is 29.0 Å². The summed E-state index contributed by atoms with van der Waals surface area (Å²) in [6.07, 6.45) is 1.49. The molecule has 25 heavy (non-hydrogen) atoms. The highest BCUT2D eigenvalue weighted by Crippen LogP contribution is 2.30. The van der Waals surface area contributed by atoms with Crippen molar-refractivity contribution in [1.29, 1.82) is 0 Å². The van der Waals surface area contributed by atoms with Crippen molar-refractivity contribution in [2.75, 3.05) is 6.61 Å². The van der Waals surface area contributed by atoms with Gasteiger partial charge in [-0.15, -0.1) is 0 Å². The number of benzene rings is 2. The van der Waals surface area contributed by atoms with E-state index in [4.69, 9.17) is 4.74 Å². The molecule has 1 atom stereocenters. The molecule has 1 aliphatic carbocycles. The Bertz CT molecular complexity index is 859. The lowest BCUT2D eigenvalue weighted by Crippen LogP contribution is -2.39. The first-order valence-electron chi connectivity index (χ1n) is 8.75. The zero-order valence-electron chi connectivity index (χ0n) is 15.0. The van der Waals surface area contributed by atoms with Crippen LogP contribution < -0.4 is 9.46 Å². The molecule has 0 saturated carbocycles. The molecule has 0 amide bonds. The summed E-state index contributed by atoms with van der Waals surface area (Å²) < 4.78 is 32.6. The van der Waals surface area contributed by atoms with Crippen molar-refractivity contribution in [3.05, 3.63) is 53.6 Å². The van der Waals surface area contributed by atoms with Gasteiger partial charge in [0.2, 0.25) is 10.0 Å². The zero-order valence-corrected chi connectivity index (χ0v) is 15.8. The van der Waals surface area contributed by atoms with Crippen molar-refractivity contribution in [1.82, 2.24) is 4.72 Å². The van der Waals surface area contributed by atoms with Crippen molar-refractivity contribution in [2.45, 2.75) is 44.9 Å². The maximum absolute atomic E-state index is 12.1. The summed E-state index contributed by atoms with van der Waals surface area (Å²) in [5.74, 6) is 0.864. The van der Waals surface area contributed by atoms with Gasteiger partial charge in [0.05, 0.1) is 11.9 Å². The summed E-state index contributed by atoms with van der Waals surface area (Å²) in [5, 5.41) is -0.409. The van der Waals surface area contributed by atoms with Crippen LogP contribution in [0, 0.1) is 0 Å². The molecular formula is C20H25NO3S. The summed E-state index contributed by atoms with van der Waals surface area (Å²) in [5.41, 5.74) is 4.68. The van der Waals surface area contributed by atoms with Crippen molar-refractivity contribution in [3.8, 4) is 16.9 Å². The number of hydrogen-bond acceptors (Lipinski definition) is 3. The van der Waals surface area contributed by atoms with Crippen LogP contribution in [0.5, 0.6) is 5.75 Å². The SMILES string of the molecule is CCOc1cccc(-c2ccc3c(c2)CC(NS(=O)(=O)C(C)C)C3)c1. The minimum atomic E-state index is -3.24. The van der Waals surface area contributed by atoms with Crippen LogP contribution in [0.25, 0.3) is 11.1 Å². The predicted molar refractivity (Wildman–Crippen MR) is 101 cm³/mol. The number of ether oxygens (including phenoxy) is 1. The molecule has 2 aromatic rings. The fourth-order valence-electron chi connectivity index (χ4n) is 3.18. The topological polar surface area (TPSA) is 55.4 Å². The lowest BCUT2D eigenvalue weighted by atomic mass is 10.0. The van der Waals surface area contributed by atoms with Gasteiger partial charge in [0.15, 0.2) is 0 Å². The minimum absolute atomic E-state index is 0.0487. The third kappa shape index (κ3) is 4.05. The smallest absolute Gasteiger partial charge is 0.214 e. The predicted octanol–water partition coefficient (Wildman–Crippen LogP) is 3.55. The summed E-state index contributed by atoms with van der Waals surface area (Å²) in [6.45, 7) is 6.02. The van der Waals surface area contributed by atoms with E-state index in [0.717, 1.165) is 29.7 Å². The number of rotatable bonds is 6. The zero-order chi connectivity index (χ0) is 18.0. The van der Waals surface area contributed by atoms with Gasteiger partial charge in [-0.05, 0) is 68.0 Å². The molecule has 0 radical (unpaired) electrons. The third-order valence-corrected chi connectivity index (χ3v) is 6.47. The van der Waals surface area contributed by atoms with E-state index >= 15 is 0 Å². The van der Waals surface area contributed by atoms with Gasteiger partial charge in [0, 0.05) is 6.04 Å². The Labute approximate surface area is 150 Å². The summed E-state index contributed by atoms with van der Waals surface area (Å²) in [7, 11) is -3.24. The van der Waals surface area contributed by atoms with Crippen molar-refractivity contribution < 1.29 is 13.2 Å². The quantitative estimate of drug-likeness (QED) is 0.858. The Balaban J connectivity index is 1.80. The molecule has 0 aliphatic heterocycles. The van der Waals surface area contributed by atoms with Gasteiger partial charge in [-0.2, -0.15) is 0 Å². The monoisotopic (exact) mass is 359 g/mol.